The second kappa shape index (κ2) is 6.89. The van der Waals surface area contributed by atoms with Crippen LogP contribution in [0.5, 0.6) is 0 Å². The van der Waals surface area contributed by atoms with Gasteiger partial charge in [0.15, 0.2) is 0 Å². The van der Waals surface area contributed by atoms with Gasteiger partial charge in [-0.15, -0.1) is 0 Å². The molecule has 0 aliphatic carbocycles. The fourth-order valence-corrected chi connectivity index (χ4v) is 2.52. The Morgan fingerprint density at radius 3 is 2.62 bits per heavy atom. The molecule has 0 radical (unpaired) electrons. The van der Waals surface area contributed by atoms with E-state index in [9.17, 15) is 10.1 Å². The molecule has 1 atom stereocenters. The molecule has 0 saturated carbocycles. The van der Waals surface area contributed by atoms with Crippen LogP contribution in [0.4, 0.5) is 5.69 Å². The van der Waals surface area contributed by atoms with Gasteiger partial charge in [0.2, 0.25) is 0 Å². The highest BCUT2D eigenvalue weighted by Gasteiger charge is 2.15. The van der Waals surface area contributed by atoms with E-state index in [1.165, 1.54) is 6.07 Å². The summed E-state index contributed by atoms with van der Waals surface area (Å²) < 4.78 is 0. The van der Waals surface area contributed by atoms with Gasteiger partial charge in [-0.2, -0.15) is 0 Å². The van der Waals surface area contributed by atoms with Crippen LogP contribution >= 0.6 is 23.2 Å². The number of nitrogens with zero attached hydrogens (tertiary/aromatic N) is 1. The Morgan fingerprint density at radius 1 is 1.24 bits per heavy atom. The molecule has 0 unspecified atom stereocenters. The average Bonchev–Trinajstić information content (AvgIpc) is 2.46. The fourth-order valence-electron chi connectivity index (χ4n) is 2.06. The predicted molar refractivity (Wildman–Crippen MR) is 84.8 cm³/mol. The first-order chi connectivity index (χ1) is 9.99. The lowest BCUT2D eigenvalue weighted by atomic mass is 10.1. The van der Waals surface area contributed by atoms with Crippen molar-refractivity contribution in [2.45, 2.75) is 19.5 Å². The van der Waals surface area contributed by atoms with Crippen LogP contribution < -0.4 is 5.32 Å². The lowest BCUT2D eigenvalue weighted by molar-refractivity contribution is -0.385. The highest BCUT2D eigenvalue weighted by Crippen LogP contribution is 2.25. The van der Waals surface area contributed by atoms with Gasteiger partial charge in [0, 0.05) is 34.3 Å². The summed E-state index contributed by atoms with van der Waals surface area (Å²) in [7, 11) is 0. The highest BCUT2D eigenvalue weighted by molar-refractivity contribution is 6.31. The number of nitro benzene ring substituents is 1. The molecular formula is C15H14Cl2N2O2. The Bertz CT molecular complexity index is 662. The summed E-state index contributed by atoms with van der Waals surface area (Å²) in [5.74, 6) is 0. The predicted octanol–water partition coefficient (Wildman–Crippen LogP) is 4.75. The van der Waals surface area contributed by atoms with Crippen molar-refractivity contribution in [3.63, 3.8) is 0 Å². The molecule has 0 heterocycles. The maximum absolute atomic E-state index is 11.0. The molecule has 0 bridgehead atoms. The van der Waals surface area contributed by atoms with E-state index in [0.29, 0.717) is 22.2 Å². The largest absolute Gasteiger partial charge is 0.306 e. The second-order valence-corrected chi connectivity index (χ2v) is 5.50. The Hall–Kier alpha value is -1.62. The first-order valence-corrected chi connectivity index (χ1v) is 7.15. The molecule has 0 aliphatic heterocycles. The van der Waals surface area contributed by atoms with Crippen LogP contribution in [0.2, 0.25) is 10.0 Å². The Labute approximate surface area is 132 Å². The number of rotatable bonds is 5. The molecular weight excluding hydrogens is 311 g/mol. The molecule has 2 rings (SSSR count). The second-order valence-electron chi connectivity index (χ2n) is 4.65. The summed E-state index contributed by atoms with van der Waals surface area (Å²) in [6, 6.07) is 12.2. The van der Waals surface area contributed by atoms with Gasteiger partial charge < -0.3 is 5.32 Å². The topological polar surface area (TPSA) is 55.2 Å². The van der Waals surface area contributed by atoms with Gasteiger partial charge in [0.05, 0.1) is 4.92 Å². The molecule has 0 amide bonds. The third-order valence-electron chi connectivity index (χ3n) is 3.21. The number of hydrogen-bond donors (Lipinski definition) is 1. The van der Waals surface area contributed by atoms with E-state index in [1.807, 2.05) is 31.2 Å². The molecule has 6 heteroatoms. The molecule has 2 aromatic rings. The number of nitrogens with one attached hydrogen (secondary N) is 1. The summed E-state index contributed by atoms with van der Waals surface area (Å²) >= 11 is 11.9. The first-order valence-electron chi connectivity index (χ1n) is 6.39. The highest BCUT2D eigenvalue weighted by atomic mass is 35.5. The zero-order valence-corrected chi connectivity index (χ0v) is 12.9. The minimum absolute atomic E-state index is 0.0151. The first kappa shape index (κ1) is 15.8. The van der Waals surface area contributed by atoms with Crippen LogP contribution in [0, 0.1) is 10.1 Å². The molecule has 21 heavy (non-hydrogen) atoms. The number of halogens is 2. The van der Waals surface area contributed by atoms with Crippen molar-refractivity contribution < 1.29 is 4.92 Å². The lowest BCUT2D eigenvalue weighted by Crippen LogP contribution is -2.19. The third kappa shape index (κ3) is 3.94. The van der Waals surface area contributed by atoms with Crippen molar-refractivity contribution in [3.05, 3.63) is 73.8 Å². The SMILES string of the molecule is C[C@@H](NCc1ccc(Cl)cc1[N+](=O)[O-])c1ccccc1Cl. The smallest absolute Gasteiger partial charge is 0.275 e. The maximum atomic E-state index is 11.0. The normalized spacial score (nSPS) is 12.1. The van der Waals surface area contributed by atoms with E-state index in [0.717, 1.165) is 5.56 Å². The van der Waals surface area contributed by atoms with Gasteiger partial charge in [-0.05, 0) is 30.7 Å². The van der Waals surface area contributed by atoms with Crippen molar-refractivity contribution in [2.75, 3.05) is 0 Å². The van der Waals surface area contributed by atoms with Crippen LogP contribution in [0.15, 0.2) is 42.5 Å². The number of benzene rings is 2. The van der Waals surface area contributed by atoms with Crippen molar-refractivity contribution >= 4 is 28.9 Å². The van der Waals surface area contributed by atoms with E-state index >= 15 is 0 Å². The average molecular weight is 325 g/mol. The van der Waals surface area contributed by atoms with Crippen molar-refractivity contribution in [3.8, 4) is 0 Å². The fraction of sp³-hybridized carbons (Fsp3) is 0.200. The van der Waals surface area contributed by atoms with Crippen LogP contribution in [0.3, 0.4) is 0 Å². The van der Waals surface area contributed by atoms with Crippen molar-refractivity contribution in [1.29, 1.82) is 0 Å². The molecule has 0 aromatic heterocycles. The van der Waals surface area contributed by atoms with E-state index in [2.05, 4.69) is 5.32 Å². The van der Waals surface area contributed by atoms with Crippen molar-refractivity contribution in [2.24, 2.45) is 0 Å². The van der Waals surface area contributed by atoms with Gasteiger partial charge in [-0.1, -0.05) is 41.4 Å². The van der Waals surface area contributed by atoms with E-state index in [1.54, 1.807) is 12.1 Å². The zero-order chi connectivity index (χ0) is 15.4. The molecule has 0 fully saturated rings. The van der Waals surface area contributed by atoms with Crippen LogP contribution in [0.1, 0.15) is 24.1 Å². The van der Waals surface area contributed by atoms with Gasteiger partial charge in [-0.25, -0.2) is 0 Å². The Kier molecular flexibility index (Phi) is 5.17. The van der Waals surface area contributed by atoms with E-state index in [-0.39, 0.29) is 11.7 Å². The van der Waals surface area contributed by atoms with Gasteiger partial charge in [0.1, 0.15) is 0 Å². The summed E-state index contributed by atoms with van der Waals surface area (Å²) in [6.45, 7) is 2.32. The Balaban J connectivity index is 2.13. The summed E-state index contributed by atoms with van der Waals surface area (Å²) in [6.07, 6.45) is 0. The van der Waals surface area contributed by atoms with Gasteiger partial charge in [0.25, 0.3) is 5.69 Å². The van der Waals surface area contributed by atoms with Crippen LogP contribution in [-0.4, -0.2) is 4.92 Å². The Morgan fingerprint density at radius 2 is 1.95 bits per heavy atom. The molecule has 1 N–H and O–H groups in total. The quantitative estimate of drug-likeness (QED) is 0.637. The molecule has 110 valence electrons. The molecule has 0 spiro atoms. The minimum Gasteiger partial charge on any atom is -0.306 e. The molecule has 4 nitrogen and oxygen atoms in total. The molecule has 0 saturated heterocycles. The number of nitro groups is 1. The van der Waals surface area contributed by atoms with E-state index in [4.69, 9.17) is 23.2 Å². The summed E-state index contributed by atoms with van der Waals surface area (Å²) in [5, 5.41) is 15.3. The lowest BCUT2D eigenvalue weighted by Gasteiger charge is -2.15. The maximum Gasteiger partial charge on any atom is 0.275 e. The molecule has 2 aromatic carbocycles. The van der Waals surface area contributed by atoms with Gasteiger partial charge >= 0.3 is 0 Å². The van der Waals surface area contributed by atoms with Crippen LogP contribution in [-0.2, 0) is 6.54 Å². The zero-order valence-electron chi connectivity index (χ0n) is 11.3. The molecule has 0 aliphatic rings. The minimum atomic E-state index is -0.428. The van der Waals surface area contributed by atoms with Crippen LogP contribution in [0.25, 0.3) is 0 Å². The summed E-state index contributed by atoms with van der Waals surface area (Å²) in [4.78, 5) is 10.6. The van der Waals surface area contributed by atoms with Crippen molar-refractivity contribution in [1.82, 2.24) is 5.32 Å². The number of hydrogen-bond acceptors (Lipinski definition) is 3. The van der Waals surface area contributed by atoms with E-state index < -0.39 is 4.92 Å². The summed E-state index contributed by atoms with van der Waals surface area (Å²) in [5.41, 5.74) is 1.56. The standard InChI is InChI=1S/C15H14Cl2N2O2/c1-10(13-4-2-3-5-14(13)17)18-9-11-6-7-12(16)8-15(11)19(20)21/h2-8,10,18H,9H2,1H3/t10-/m1/s1. The monoisotopic (exact) mass is 324 g/mol. The third-order valence-corrected chi connectivity index (χ3v) is 3.79. The van der Waals surface area contributed by atoms with Gasteiger partial charge in [-0.3, -0.25) is 10.1 Å².